The van der Waals surface area contributed by atoms with Crippen LogP contribution in [0.4, 0.5) is 0 Å². The maximum Gasteiger partial charge on any atom is 0.0645 e. The zero-order valence-electron chi connectivity index (χ0n) is 10.6. The lowest BCUT2D eigenvalue weighted by Crippen LogP contribution is -2.53. The summed E-state index contributed by atoms with van der Waals surface area (Å²) in [6.07, 6.45) is 7.89. The fourth-order valence-corrected chi connectivity index (χ4v) is 2.72. The standard InChI is InChI=1S/C13H26N2O/c1-13(7-5-9-16-11-13)15-10-12-6-3-2-4-8-14-12/h12,14-15H,2-11H2,1H3. The lowest BCUT2D eigenvalue weighted by Gasteiger charge is -2.36. The SMILES string of the molecule is CC1(NCC2CCCCCN2)CCCOC1. The molecular weight excluding hydrogens is 200 g/mol. The highest BCUT2D eigenvalue weighted by atomic mass is 16.5. The van der Waals surface area contributed by atoms with Crippen LogP contribution in [0.25, 0.3) is 0 Å². The van der Waals surface area contributed by atoms with Crippen molar-refractivity contribution in [2.24, 2.45) is 0 Å². The average Bonchev–Trinajstić information content (AvgIpc) is 2.56. The second kappa shape index (κ2) is 5.99. The summed E-state index contributed by atoms with van der Waals surface area (Å²) in [7, 11) is 0. The summed E-state index contributed by atoms with van der Waals surface area (Å²) >= 11 is 0. The Morgan fingerprint density at radius 1 is 1.31 bits per heavy atom. The molecule has 0 saturated carbocycles. The van der Waals surface area contributed by atoms with Crippen LogP contribution in [0.2, 0.25) is 0 Å². The van der Waals surface area contributed by atoms with E-state index in [1.807, 2.05) is 0 Å². The van der Waals surface area contributed by atoms with E-state index in [-0.39, 0.29) is 5.54 Å². The maximum atomic E-state index is 5.57. The summed E-state index contributed by atoms with van der Waals surface area (Å²) in [6, 6.07) is 0.668. The molecule has 2 unspecified atom stereocenters. The number of nitrogens with one attached hydrogen (secondary N) is 2. The third kappa shape index (κ3) is 3.72. The molecule has 0 aromatic rings. The van der Waals surface area contributed by atoms with Crippen molar-refractivity contribution in [3.63, 3.8) is 0 Å². The Morgan fingerprint density at radius 2 is 2.25 bits per heavy atom. The largest absolute Gasteiger partial charge is 0.380 e. The van der Waals surface area contributed by atoms with Crippen molar-refractivity contribution in [1.82, 2.24) is 10.6 Å². The van der Waals surface area contributed by atoms with Crippen LogP contribution in [0.3, 0.4) is 0 Å². The van der Waals surface area contributed by atoms with Crippen molar-refractivity contribution in [1.29, 1.82) is 0 Å². The summed E-state index contributed by atoms with van der Waals surface area (Å²) < 4.78 is 5.57. The van der Waals surface area contributed by atoms with Crippen LogP contribution < -0.4 is 10.6 Å². The summed E-state index contributed by atoms with van der Waals surface area (Å²) in [6.45, 7) is 6.40. The Morgan fingerprint density at radius 3 is 3.06 bits per heavy atom. The molecular formula is C13H26N2O. The number of rotatable bonds is 3. The van der Waals surface area contributed by atoms with Crippen molar-refractivity contribution in [2.45, 2.75) is 57.0 Å². The fraction of sp³-hybridized carbons (Fsp3) is 1.00. The Labute approximate surface area is 99.3 Å². The third-order valence-corrected chi connectivity index (χ3v) is 3.88. The minimum absolute atomic E-state index is 0.215. The topological polar surface area (TPSA) is 33.3 Å². The molecule has 2 N–H and O–H groups in total. The van der Waals surface area contributed by atoms with Crippen LogP contribution in [-0.4, -0.2) is 37.9 Å². The molecule has 2 atom stereocenters. The van der Waals surface area contributed by atoms with Gasteiger partial charge in [-0.05, 0) is 39.2 Å². The predicted molar refractivity (Wildman–Crippen MR) is 66.7 cm³/mol. The van der Waals surface area contributed by atoms with E-state index in [9.17, 15) is 0 Å². The van der Waals surface area contributed by atoms with E-state index < -0.39 is 0 Å². The van der Waals surface area contributed by atoms with Gasteiger partial charge in [0.15, 0.2) is 0 Å². The Kier molecular flexibility index (Phi) is 4.62. The van der Waals surface area contributed by atoms with Crippen LogP contribution in [-0.2, 0) is 4.74 Å². The third-order valence-electron chi connectivity index (χ3n) is 3.88. The summed E-state index contributed by atoms with van der Waals surface area (Å²) in [4.78, 5) is 0. The van der Waals surface area contributed by atoms with Crippen molar-refractivity contribution in [2.75, 3.05) is 26.3 Å². The molecule has 0 aliphatic carbocycles. The van der Waals surface area contributed by atoms with E-state index in [1.54, 1.807) is 0 Å². The summed E-state index contributed by atoms with van der Waals surface area (Å²) in [5, 5.41) is 7.34. The predicted octanol–water partition coefficient (Wildman–Crippen LogP) is 1.68. The number of hydrogen-bond donors (Lipinski definition) is 2. The molecule has 0 aromatic carbocycles. The molecule has 2 saturated heterocycles. The van der Waals surface area contributed by atoms with Crippen molar-refractivity contribution >= 4 is 0 Å². The quantitative estimate of drug-likeness (QED) is 0.768. The van der Waals surface area contributed by atoms with Crippen LogP contribution in [0, 0.1) is 0 Å². The molecule has 2 rings (SSSR count). The van der Waals surface area contributed by atoms with E-state index in [0.717, 1.165) is 19.8 Å². The van der Waals surface area contributed by atoms with Crippen molar-refractivity contribution < 1.29 is 4.74 Å². The van der Waals surface area contributed by atoms with E-state index in [2.05, 4.69) is 17.6 Å². The highest BCUT2D eigenvalue weighted by Gasteiger charge is 2.27. The Hall–Kier alpha value is -0.120. The molecule has 2 heterocycles. The summed E-state index contributed by atoms with van der Waals surface area (Å²) in [5.74, 6) is 0. The van der Waals surface area contributed by atoms with Gasteiger partial charge in [-0.2, -0.15) is 0 Å². The van der Waals surface area contributed by atoms with Crippen LogP contribution in [0.5, 0.6) is 0 Å². The highest BCUT2D eigenvalue weighted by molar-refractivity contribution is 4.87. The van der Waals surface area contributed by atoms with Crippen molar-refractivity contribution in [3.8, 4) is 0 Å². The van der Waals surface area contributed by atoms with Gasteiger partial charge in [-0.25, -0.2) is 0 Å². The van der Waals surface area contributed by atoms with Crippen molar-refractivity contribution in [3.05, 3.63) is 0 Å². The van der Waals surface area contributed by atoms with Gasteiger partial charge in [0, 0.05) is 24.7 Å². The van der Waals surface area contributed by atoms with Gasteiger partial charge in [-0.1, -0.05) is 12.8 Å². The van der Waals surface area contributed by atoms with Gasteiger partial charge < -0.3 is 15.4 Å². The molecule has 0 spiro atoms. The van der Waals surface area contributed by atoms with Gasteiger partial charge in [-0.15, -0.1) is 0 Å². The first kappa shape index (κ1) is 12.3. The van der Waals surface area contributed by atoms with Gasteiger partial charge >= 0.3 is 0 Å². The Balaban J connectivity index is 1.72. The molecule has 2 aliphatic heterocycles. The lowest BCUT2D eigenvalue weighted by atomic mass is 9.94. The van der Waals surface area contributed by atoms with E-state index >= 15 is 0 Å². The highest BCUT2D eigenvalue weighted by Crippen LogP contribution is 2.18. The molecule has 3 heteroatoms. The van der Waals surface area contributed by atoms with E-state index in [0.29, 0.717) is 6.04 Å². The summed E-state index contributed by atoms with van der Waals surface area (Å²) in [5.41, 5.74) is 0.215. The van der Waals surface area contributed by atoms with E-state index in [1.165, 1.54) is 45.1 Å². The zero-order valence-corrected chi connectivity index (χ0v) is 10.6. The van der Waals surface area contributed by atoms with Crippen LogP contribution in [0.1, 0.15) is 45.4 Å². The fourth-order valence-electron chi connectivity index (χ4n) is 2.72. The minimum atomic E-state index is 0.215. The molecule has 0 radical (unpaired) electrons. The first-order valence-electron chi connectivity index (χ1n) is 6.85. The maximum absolute atomic E-state index is 5.57. The molecule has 0 aromatic heterocycles. The van der Waals surface area contributed by atoms with Gasteiger partial charge in [0.1, 0.15) is 0 Å². The van der Waals surface area contributed by atoms with Gasteiger partial charge in [-0.3, -0.25) is 0 Å². The minimum Gasteiger partial charge on any atom is -0.380 e. The van der Waals surface area contributed by atoms with E-state index in [4.69, 9.17) is 4.74 Å². The molecule has 2 fully saturated rings. The zero-order chi connectivity index (χ0) is 11.3. The first-order chi connectivity index (χ1) is 7.79. The van der Waals surface area contributed by atoms with Gasteiger partial charge in [0.05, 0.1) is 6.61 Å². The molecule has 3 nitrogen and oxygen atoms in total. The second-order valence-corrected chi connectivity index (χ2v) is 5.60. The molecule has 0 amide bonds. The number of hydrogen-bond acceptors (Lipinski definition) is 3. The van der Waals surface area contributed by atoms with Crippen LogP contribution in [0.15, 0.2) is 0 Å². The molecule has 2 aliphatic rings. The average molecular weight is 226 g/mol. The molecule has 94 valence electrons. The second-order valence-electron chi connectivity index (χ2n) is 5.60. The normalized spacial score (nSPS) is 36.9. The van der Waals surface area contributed by atoms with Gasteiger partial charge in [0.2, 0.25) is 0 Å². The Bertz CT molecular complexity index is 194. The molecule has 16 heavy (non-hydrogen) atoms. The molecule has 0 bridgehead atoms. The smallest absolute Gasteiger partial charge is 0.0645 e. The van der Waals surface area contributed by atoms with Crippen LogP contribution >= 0.6 is 0 Å². The number of ether oxygens (including phenoxy) is 1. The van der Waals surface area contributed by atoms with Gasteiger partial charge in [0.25, 0.3) is 0 Å². The lowest BCUT2D eigenvalue weighted by molar-refractivity contribution is 0.0276. The first-order valence-corrected chi connectivity index (χ1v) is 6.85. The monoisotopic (exact) mass is 226 g/mol.